The van der Waals surface area contributed by atoms with Crippen LogP contribution in [0.2, 0.25) is 5.02 Å². The van der Waals surface area contributed by atoms with Gasteiger partial charge in [0.2, 0.25) is 6.20 Å². The molecule has 0 unspecified atom stereocenters. The SMILES string of the molecule is [O-]c1c[n+](-c2ccccc2Cl)no1. The Morgan fingerprint density at radius 3 is 2.77 bits per heavy atom. The van der Waals surface area contributed by atoms with Crippen molar-refractivity contribution in [1.29, 1.82) is 0 Å². The molecule has 13 heavy (non-hydrogen) atoms. The van der Waals surface area contributed by atoms with E-state index < -0.39 is 5.95 Å². The summed E-state index contributed by atoms with van der Waals surface area (Å²) >= 11 is 5.86. The summed E-state index contributed by atoms with van der Waals surface area (Å²) in [5, 5.41) is 14.7. The van der Waals surface area contributed by atoms with Crippen LogP contribution in [0.4, 0.5) is 0 Å². The van der Waals surface area contributed by atoms with Crippen molar-refractivity contribution in [3.8, 4) is 11.6 Å². The second kappa shape index (κ2) is 3.06. The summed E-state index contributed by atoms with van der Waals surface area (Å²) in [7, 11) is 0. The summed E-state index contributed by atoms with van der Waals surface area (Å²) in [4.78, 5) is 0. The van der Waals surface area contributed by atoms with Crippen LogP contribution in [0, 0.1) is 0 Å². The van der Waals surface area contributed by atoms with Gasteiger partial charge in [0.1, 0.15) is 11.0 Å². The van der Waals surface area contributed by atoms with Crippen molar-refractivity contribution in [3.63, 3.8) is 0 Å². The van der Waals surface area contributed by atoms with Crippen LogP contribution in [0.5, 0.6) is 5.95 Å². The molecule has 0 N–H and O–H groups in total. The maximum absolute atomic E-state index is 10.7. The molecule has 1 aromatic heterocycles. The molecule has 1 aromatic carbocycles. The Morgan fingerprint density at radius 2 is 2.15 bits per heavy atom. The number of benzene rings is 1. The van der Waals surface area contributed by atoms with Gasteiger partial charge in [-0.1, -0.05) is 23.7 Å². The van der Waals surface area contributed by atoms with Crippen LogP contribution >= 0.6 is 11.6 Å². The van der Waals surface area contributed by atoms with Gasteiger partial charge < -0.3 is 9.63 Å². The van der Waals surface area contributed by atoms with Crippen LogP contribution < -0.4 is 9.79 Å². The molecule has 0 fully saturated rings. The first-order valence-corrected chi connectivity index (χ1v) is 3.96. The second-order valence-corrected chi connectivity index (χ2v) is 2.82. The Balaban J connectivity index is 2.52. The van der Waals surface area contributed by atoms with E-state index in [9.17, 15) is 5.11 Å². The number of hydrogen-bond donors (Lipinski definition) is 0. The topological polar surface area (TPSA) is 53.0 Å². The summed E-state index contributed by atoms with van der Waals surface area (Å²) in [5.74, 6) is -0.500. The van der Waals surface area contributed by atoms with E-state index in [0.29, 0.717) is 10.7 Å². The van der Waals surface area contributed by atoms with E-state index in [0.717, 1.165) is 0 Å². The fourth-order valence-corrected chi connectivity index (χ4v) is 1.20. The first-order chi connectivity index (χ1) is 6.27. The minimum absolute atomic E-state index is 0.500. The number of rotatable bonds is 1. The quantitative estimate of drug-likeness (QED) is 0.631. The number of para-hydroxylation sites is 1. The van der Waals surface area contributed by atoms with E-state index in [-0.39, 0.29) is 0 Å². The van der Waals surface area contributed by atoms with Gasteiger partial charge in [-0.25, -0.2) is 0 Å². The lowest BCUT2D eigenvalue weighted by Gasteiger charge is -1.90. The van der Waals surface area contributed by atoms with E-state index >= 15 is 0 Å². The van der Waals surface area contributed by atoms with Gasteiger partial charge >= 0.3 is 0 Å². The normalized spacial score (nSPS) is 10.2. The third-order valence-corrected chi connectivity index (χ3v) is 1.87. The number of nitrogens with zero attached hydrogens (tertiary/aromatic N) is 2. The number of hydrogen-bond acceptors (Lipinski definition) is 3. The van der Waals surface area contributed by atoms with Crippen molar-refractivity contribution in [2.45, 2.75) is 0 Å². The molecule has 4 nitrogen and oxygen atoms in total. The highest BCUT2D eigenvalue weighted by Crippen LogP contribution is 2.14. The molecule has 0 spiro atoms. The minimum Gasteiger partial charge on any atom is -0.539 e. The fraction of sp³-hybridized carbons (Fsp3) is 0. The third-order valence-electron chi connectivity index (χ3n) is 1.55. The predicted octanol–water partition coefficient (Wildman–Crippen LogP) is 0.678. The maximum Gasteiger partial charge on any atom is 0.257 e. The zero-order valence-electron chi connectivity index (χ0n) is 6.48. The molecule has 0 aliphatic carbocycles. The highest BCUT2D eigenvalue weighted by atomic mass is 35.5. The smallest absolute Gasteiger partial charge is 0.257 e. The molecule has 2 rings (SSSR count). The lowest BCUT2D eigenvalue weighted by Crippen LogP contribution is -2.31. The lowest BCUT2D eigenvalue weighted by atomic mass is 10.3. The molecule has 5 heteroatoms. The maximum atomic E-state index is 10.7. The summed E-state index contributed by atoms with van der Waals surface area (Å²) in [6.07, 6.45) is 1.22. The summed E-state index contributed by atoms with van der Waals surface area (Å²) in [5.41, 5.74) is 0.620. The zero-order chi connectivity index (χ0) is 9.26. The van der Waals surface area contributed by atoms with Gasteiger partial charge in [-0.15, -0.1) is 0 Å². The highest BCUT2D eigenvalue weighted by Gasteiger charge is 2.12. The van der Waals surface area contributed by atoms with E-state index in [2.05, 4.69) is 9.79 Å². The Kier molecular flexibility index (Phi) is 1.90. The van der Waals surface area contributed by atoms with Gasteiger partial charge in [0.15, 0.2) is 0 Å². The van der Waals surface area contributed by atoms with Crippen molar-refractivity contribution >= 4 is 11.6 Å². The summed E-state index contributed by atoms with van der Waals surface area (Å²) in [6, 6.07) is 7.05. The summed E-state index contributed by atoms with van der Waals surface area (Å²) in [6.45, 7) is 0. The second-order valence-electron chi connectivity index (χ2n) is 2.42. The molecule has 1 heterocycles. The molecule has 66 valence electrons. The van der Waals surface area contributed by atoms with E-state index in [1.807, 2.05) is 0 Å². The zero-order valence-corrected chi connectivity index (χ0v) is 7.23. The first kappa shape index (κ1) is 8.07. The van der Waals surface area contributed by atoms with Crippen molar-refractivity contribution in [1.82, 2.24) is 5.27 Å². The molecule has 0 aliphatic heterocycles. The minimum atomic E-state index is -0.500. The van der Waals surface area contributed by atoms with Crippen molar-refractivity contribution in [2.24, 2.45) is 0 Å². The van der Waals surface area contributed by atoms with Crippen LogP contribution in [-0.2, 0) is 0 Å². The standard InChI is InChI=1S/C8H5ClN2O2/c9-6-3-1-2-4-7(6)11-5-8(12)13-10-11/h1-5H. The monoisotopic (exact) mass is 196 g/mol. The van der Waals surface area contributed by atoms with Crippen LogP contribution in [0.1, 0.15) is 0 Å². The molecule has 0 radical (unpaired) electrons. The molecule has 0 bridgehead atoms. The van der Waals surface area contributed by atoms with E-state index in [4.69, 9.17) is 11.6 Å². The van der Waals surface area contributed by atoms with Crippen LogP contribution in [0.25, 0.3) is 5.69 Å². The summed E-state index contributed by atoms with van der Waals surface area (Å²) < 4.78 is 5.67. The molecule has 0 aliphatic rings. The third kappa shape index (κ3) is 1.48. The average Bonchev–Trinajstić information content (AvgIpc) is 2.53. The van der Waals surface area contributed by atoms with Crippen LogP contribution in [-0.4, -0.2) is 5.27 Å². The largest absolute Gasteiger partial charge is 0.539 e. The van der Waals surface area contributed by atoms with Gasteiger partial charge in [0, 0.05) is 6.07 Å². The Hall–Kier alpha value is -1.55. The molecule has 0 saturated heterocycles. The van der Waals surface area contributed by atoms with Gasteiger partial charge in [-0.05, 0) is 10.7 Å². The van der Waals surface area contributed by atoms with Gasteiger partial charge in [-0.2, -0.15) is 0 Å². The molecule has 0 saturated carbocycles. The van der Waals surface area contributed by atoms with Gasteiger partial charge in [0.25, 0.3) is 5.69 Å². The molecule has 0 atom stereocenters. The van der Waals surface area contributed by atoms with Crippen molar-refractivity contribution < 1.29 is 14.3 Å². The van der Waals surface area contributed by atoms with E-state index in [1.165, 1.54) is 10.9 Å². The fourth-order valence-electron chi connectivity index (χ4n) is 0.982. The highest BCUT2D eigenvalue weighted by molar-refractivity contribution is 6.32. The predicted molar refractivity (Wildman–Crippen MR) is 42.5 cm³/mol. The lowest BCUT2D eigenvalue weighted by molar-refractivity contribution is -0.670. The molecule has 0 amide bonds. The van der Waals surface area contributed by atoms with Crippen molar-refractivity contribution in [2.75, 3.05) is 0 Å². The molecular weight excluding hydrogens is 192 g/mol. The Morgan fingerprint density at radius 1 is 1.38 bits per heavy atom. The van der Waals surface area contributed by atoms with Gasteiger partial charge in [0.05, 0.1) is 5.27 Å². The van der Waals surface area contributed by atoms with Crippen LogP contribution in [0.3, 0.4) is 0 Å². The number of halogens is 1. The van der Waals surface area contributed by atoms with E-state index in [1.54, 1.807) is 24.3 Å². The van der Waals surface area contributed by atoms with Crippen molar-refractivity contribution in [3.05, 3.63) is 35.5 Å². The Bertz CT molecular complexity index is 428. The molecular formula is C8H5ClN2O2. The first-order valence-electron chi connectivity index (χ1n) is 3.58. The number of aromatic nitrogens is 2. The van der Waals surface area contributed by atoms with Gasteiger partial charge in [-0.3, -0.25) is 0 Å². The molecule has 2 aromatic rings. The van der Waals surface area contributed by atoms with Crippen LogP contribution in [0.15, 0.2) is 35.0 Å². The average molecular weight is 197 g/mol. The Labute approximate surface area is 78.9 Å².